The largest absolute Gasteiger partial charge is 0.496 e. The van der Waals surface area contributed by atoms with Crippen molar-refractivity contribution >= 4 is 24.2 Å². The topological polar surface area (TPSA) is 9.23 Å². The van der Waals surface area contributed by atoms with E-state index in [1.165, 1.54) is 0 Å². The van der Waals surface area contributed by atoms with Gasteiger partial charge in [0.15, 0.2) is 0 Å². The summed E-state index contributed by atoms with van der Waals surface area (Å²) in [5.41, 5.74) is 2.05. The Morgan fingerprint density at radius 2 is 2.08 bits per heavy atom. The first-order chi connectivity index (χ1) is 6.06. The summed E-state index contributed by atoms with van der Waals surface area (Å²) in [5.74, 6) is 0.851. The molecule has 3 heteroatoms. The number of hydrogen-bond donors (Lipinski definition) is 1. The van der Waals surface area contributed by atoms with E-state index < -0.39 is 0 Å². The molecule has 0 aliphatic rings. The monoisotopic (exact) mass is 216 g/mol. The third kappa shape index (κ3) is 2.32. The summed E-state index contributed by atoms with van der Waals surface area (Å²) in [7, 11) is 1.66. The lowest BCUT2D eigenvalue weighted by atomic mass is 10.1. The summed E-state index contributed by atoms with van der Waals surface area (Å²) in [4.78, 5) is 0. The molecule has 0 radical (unpaired) electrons. The molecule has 1 nitrogen and oxygen atoms in total. The Labute approximate surface area is 89.5 Å². The van der Waals surface area contributed by atoms with Crippen molar-refractivity contribution in [3.63, 3.8) is 0 Å². The van der Waals surface area contributed by atoms with Crippen LogP contribution in [0.2, 0.25) is 5.02 Å². The fourth-order valence-electron chi connectivity index (χ4n) is 1.17. The first kappa shape index (κ1) is 10.7. The number of methoxy groups -OCH3 is 1. The molecule has 0 aromatic heterocycles. The molecule has 0 aliphatic carbocycles. The van der Waals surface area contributed by atoms with Gasteiger partial charge in [0, 0.05) is 15.8 Å². The molecule has 0 saturated carbocycles. The zero-order valence-corrected chi connectivity index (χ0v) is 9.62. The van der Waals surface area contributed by atoms with E-state index in [-0.39, 0.29) is 5.25 Å². The number of thiol groups is 1. The minimum atomic E-state index is 0.132. The Hall–Kier alpha value is -0.340. The Bertz CT molecular complexity index is 310. The van der Waals surface area contributed by atoms with Gasteiger partial charge in [-0.05, 0) is 31.5 Å². The Balaban J connectivity index is 3.25. The highest BCUT2D eigenvalue weighted by atomic mass is 35.5. The molecule has 13 heavy (non-hydrogen) atoms. The lowest BCUT2D eigenvalue weighted by Gasteiger charge is -2.12. The fraction of sp³-hybridized carbons (Fsp3) is 0.400. The molecule has 72 valence electrons. The maximum Gasteiger partial charge on any atom is 0.123 e. The zero-order chi connectivity index (χ0) is 10.0. The van der Waals surface area contributed by atoms with E-state index in [0.29, 0.717) is 0 Å². The van der Waals surface area contributed by atoms with Crippen LogP contribution in [-0.2, 0) is 0 Å². The lowest BCUT2D eigenvalue weighted by molar-refractivity contribution is 0.409. The summed E-state index contributed by atoms with van der Waals surface area (Å²) in [6.45, 7) is 3.95. The van der Waals surface area contributed by atoms with Gasteiger partial charge in [0.25, 0.3) is 0 Å². The van der Waals surface area contributed by atoms with Crippen LogP contribution in [0.5, 0.6) is 5.75 Å². The molecule has 0 heterocycles. The molecule has 0 amide bonds. The van der Waals surface area contributed by atoms with Gasteiger partial charge >= 0.3 is 0 Å². The van der Waals surface area contributed by atoms with E-state index in [1.807, 2.05) is 26.0 Å². The third-order valence-corrected chi connectivity index (χ3v) is 2.65. The average Bonchev–Trinajstić information content (AvgIpc) is 2.08. The first-order valence-electron chi connectivity index (χ1n) is 4.08. The van der Waals surface area contributed by atoms with E-state index >= 15 is 0 Å². The van der Waals surface area contributed by atoms with Crippen molar-refractivity contribution in [1.82, 2.24) is 0 Å². The normalized spacial score (nSPS) is 12.7. The van der Waals surface area contributed by atoms with Gasteiger partial charge in [-0.1, -0.05) is 11.6 Å². The maximum atomic E-state index is 6.00. The van der Waals surface area contributed by atoms with Gasteiger partial charge in [0.1, 0.15) is 5.75 Å². The second kappa shape index (κ2) is 4.25. The van der Waals surface area contributed by atoms with Crippen molar-refractivity contribution < 1.29 is 4.74 Å². The molecule has 1 atom stereocenters. The van der Waals surface area contributed by atoms with Gasteiger partial charge in [-0.15, -0.1) is 0 Å². The molecular weight excluding hydrogens is 204 g/mol. The van der Waals surface area contributed by atoms with Crippen LogP contribution in [0.15, 0.2) is 12.1 Å². The Kier molecular flexibility index (Phi) is 3.51. The molecule has 1 unspecified atom stereocenters. The summed E-state index contributed by atoms with van der Waals surface area (Å²) >= 11 is 10.4. The van der Waals surface area contributed by atoms with Crippen LogP contribution in [0.25, 0.3) is 0 Å². The number of halogens is 1. The fourth-order valence-corrected chi connectivity index (χ4v) is 1.55. The molecule has 0 spiro atoms. The summed E-state index contributed by atoms with van der Waals surface area (Å²) < 4.78 is 5.23. The summed E-state index contributed by atoms with van der Waals surface area (Å²) in [5, 5.41) is 0.893. The molecule has 0 bridgehead atoms. The molecule has 0 saturated heterocycles. The lowest BCUT2D eigenvalue weighted by Crippen LogP contribution is -1.94. The maximum absolute atomic E-state index is 6.00. The van der Waals surface area contributed by atoms with E-state index in [1.54, 1.807) is 7.11 Å². The number of hydrogen-bond acceptors (Lipinski definition) is 2. The van der Waals surface area contributed by atoms with Crippen LogP contribution in [0.3, 0.4) is 0 Å². The average molecular weight is 217 g/mol. The molecular formula is C10H13ClOS. The number of rotatable bonds is 2. The Morgan fingerprint density at radius 3 is 2.54 bits per heavy atom. The molecule has 1 aromatic carbocycles. The highest BCUT2D eigenvalue weighted by Gasteiger charge is 2.10. The van der Waals surface area contributed by atoms with Crippen LogP contribution >= 0.6 is 24.2 Å². The van der Waals surface area contributed by atoms with Crippen LogP contribution in [0.4, 0.5) is 0 Å². The van der Waals surface area contributed by atoms with Gasteiger partial charge in [0.05, 0.1) is 7.11 Å². The van der Waals surface area contributed by atoms with Gasteiger partial charge in [-0.3, -0.25) is 0 Å². The standard InChI is InChI=1S/C10H13ClOS/c1-6-4-10(12-3)8(7(2)13)5-9(6)11/h4-5,7,13H,1-3H3. The highest BCUT2D eigenvalue weighted by Crippen LogP contribution is 2.33. The van der Waals surface area contributed by atoms with Gasteiger partial charge < -0.3 is 4.74 Å². The van der Waals surface area contributed by atoms with E-state index in [2.05, 4.69) is 12.6 Å². The predicted molar refractivity (Wildman–Crippen MR) is 60.1 cm³/mol. The van der Waals surface area contributed by atoms with Crippen molar-refractivity contribution in [2.45, 2.75) is 19.1 Å². The molecule has 1 rings (SSSR count). The summed E-state index contributed by atoms with van der Waals surface area (Å²) in [6.07, 6.45) is 0. The van der Waals surface area contributed by atoms with Gasteiger partial charge in [-0.25, -0.2) is 0 Å². The van der Waals surface area contributed by atoms with Crippen molar-refractivity contribution in [1.29, 1.82) is 0 Å². The minimum Gasteiger partial charge on any atom is -0.496 e. The zero-order valence-electron chi connectivity index (χ0n) is 7.97. The predicted octanol–water partition coefficient (Wildman–Crippen LogP) is 3.65. The number of aryl methyl sites for hydroxylation is 1. The third-order valence-electron chi connectivity index (χ3n) is 1.96. The smallest absolute Gasteiger partial charge is 0.123 e. The van der Waals surface area contributed by atoms with Crippen molar-refractivity contribution in [2.24, 2.45) is 0 Å². The van der Waals surface area contributed by atoms with E-state index in [0.717, 1.165) is 21.9 Å². The number of benzene rings is 1. The van der Waals surface area contributed by atoms with Crippen LogP contribution in [0, 0.1) is 6.92 Å². The van der Waals surface area contributed by atoms with Crippen molar-refractivity contribution in [2.75, 3.05) is 7.11 Å². The van der Waals surface area contributed by atoms with E-state index in [9.17, 15) is 0 Å². The summed E-state index contributed by atoms with van der Waals surface area (Å²) in [6, 6.07) is 3.85. The van der Waals surface area contributed by atoms with Crippen molar-refractivity contribution in [3.8, 4) is 5.75 Å². The van der Waals surface area contributed by atoms with Gasteiger partial charge in [0.2, 0.25) is 0 Å². The van der Waals surface area contributed by atoms with Crippen LogP contribution in [0.1, 0.15) is 23.3 Å². The molecule has 1 aromatic rings. The quantitative estimate of drug-likeness (QED) is 0.743. The SMILES string of the molecule is COc1cc(C)c(Cl)cc1C(C)S. The highest BCUT2D eigenvalue weighted by molar-refractivity contribution is 7.80. The van der Waals surface area contributed by atoms with Crippen LogP contribution in [-0.4, -0.2) is 7.11 Å². The number of ether oxygens (including phenoxy) is 1. The molecule has 0 N–H and O–H groups in total. The second-order valence-corrected chi connectivity index (χ2v) is 4.20. The molecule has 0 fully saturated rings. The molecule has 0 aliphatic heterocycles. The second-order valence-electron chi connectivity index (χ2n) is 3.02. The Morgan fingerprint density at radius 1 is 1.46 bits per heavy atom. The minimum absolute atomic E-state index is 0.132. The first-order valence-corrected chi connectivity index (χ1v) is 4.97. The van der Waals surface area contributed by atoms with E-state index in [4.69, 9.17) is 16.3 Å². The van der Waals surface area contributed by atoms with Crippen LogP contribution < -0.4 is 4.74 Å². The van der Waals surface area contributed by atoms with Crippen molar-refractivity contribution in [3.05, 3.63) is 28.3 Å². The van der Waals surface area contributed by atoms with Gasteiger partial charge in [-0.2, -0.15) is 12.6 Å².